The number of fused-ring (bicyclic) bond motifs is 1. The molecule has 0 radical (unpaired) electrons. The number of aromatic nitrogens is 4. The maximum atomic E-state index is 13.7. The van der Waals surface area contributed by atoms with Crippen LogP contribution in [0.1, 0.15) is 31.9 Å². The standard InChI is InChI=1S/C25H25FN6O3/c1-16-12-31(23(34)10-21(16)33)15-24(35)30-8-2-3-17(13-30)9-19-6-7-27-25(29-19)20-11-28-22-5-4-18(26)14-32(20)22/h4-7,11-12,14,17H,2-3,8-10,13,15H2,1H3/t17-/m0/s1. The number of imidazole rings is 1. The number of rotatable bonds is 5. The van der Waals surface area contributed by atoms with Crippen LogP contribution in [-0.4, -0.2) is 66.4 Å². The normalized spacial score (nSPS) is 18.8. The first kappa shape index (κ1) is 22.8. The number of piperidine rings is 1. The van der Waals surface area contributed by atoms with Crippen LogP contribution in [0.5, 0.6) is 0 Å². The van der Waals surface area contributed by atoms with Gasteiger partial charge in [-0.1, -0.05) is 0 Å². The van der Waals surface area contributed by atoms with E-state index in [0.717, 1.165) is 18.5 Å². The summed E-state index contributed by atoms with van der Waals surface area (Å²) >= 11 is 0. The van der Waals surface area contributed by atoms with Gasteiger partial charge in [-0.15, -0.1) is 0 Å². The first-order valence-electron chi connectivity index (χ1n) is 11.6. The zero-order chi connectivity index (χ0) is 24.5. The third kappa shape index (κ3) is 4.82. The molecule has 0 unspecified atom stereocenters. The second-order valence-corrected chi connectivity index (χ2v) is 9.08. The Bertz CT molecular complexity index is 1350. The lowest BCUT2D eigenvalue weighted by molar-refractivity contribution is -0.141. The van der Waals surface area contributed by atoms with Crippen molar-refractivity contribution in [2.24, 2.45) is 5.92 Å². The minimum Gasteiger partial charge on any atom is -0.341 e. The predicted molar refractivity (Wildman–Crippen MR) is 124 cm³/mol. The third-order valence-electron chi connectivity index (χ3n) is 6.51. The van der Waals surface area contributed by atoms with Gasteiger partial charge < -0.3 is 9.80 Å². The highest BCUT2D eigenvalue weighted by molar-refractivity contribution is 6.09. The van der Waals surface area contributed by atoms with E-state index in [9.17, 15) is 18.8 Å². The maximum Gasteiger partial charge on any atom is 0.242 e. The van der Waals surface area contributed by atoms with Gasteiger partial charge >= 0.3 is 0 Å². The van der Waals surface area contributed by atoms with Crippen LogP contribution in [0.4, 0.5) is 4.39 Å². The summed E-state index contributed by atoms with van der Waals surface area (Å²) in [4.78, 5) is 53.2. The summed E-state index contributed by atoms with van der Waals surface area (Å²) in [7, 11) is 0. The molecule has 10 heteroatoms. The van der Waals surface area contributed by atoms with Crippen LogP contribution < -0.4 is 0 Å². The van der Waals surface area contributed by atoms with Gasteiger partial charge in [0.05, 0.1) is 12.6 Å². The fourth-order valence-corrected chi connectivity index (χ4v) is 4.64. The van der Waals surface area contributed by atoms with E-state index in [4.69, 9.17) is 0 Å². The molecule has 5 heterocycles. The SMILES string of the molecule is CC1=CN(CC(=O)N2CCC[C@@H](Cc3ccnc(-c4cnc5ccc(F)cn45)n3)C2)C(=O)CC1=O. The molecule has 3 aromatic heterocycles. The van der Waals surface area contributed by atoms with Crippen molar-refractivity contribution in [1.82, 2.24) is 29.2 Å². The first-order chi connectivity index (χ1) is 16.9. The molecule has 0 bridgehead atoms. The Morgan fingerprint density at radius 2 is 2.06 bits per heavy atom. The smallest absolute Gasteiger partial charge is 0.242 e. The number of pyridine rings is 1. The van der Waals surface area contributed by atoms with E-state index in [1.54, 1.807) is 34.7 Å². The number of amides is 2. The van der Waals surface area contributed by atoms with E-state index in [1.165, 1.54) is 23.4 Å². The molecular weight excluding hydrogens is 451 g/mol. The highest BCUT2D eigenvalue weighted by Crippen LogP contribution is 2.23. The monoisotopic (exact) mass is 476 g/mol. The molecular formula is C25H25FN6O3. The molecule has 3 aromatic rings. The molecule has 0 N–H and O–H groups in total. The second kappa shape index (κ2) is 9.36. The summed E-state index contributed by atoms with van der Waals surface area (Å²) in [6.07, 6.45) is 8.44. The molecule has 1 saturated heterocycles. The molecule has 2 amide bonds. The lowest BCUT2D eigenvalue weighted by Crippen LogP contribution is -2.46. The van der Waals surface area contributed by atoms with Crippen LogP contribution in [0.25, 0.3) is 17.2 Å². The summed E-state index contributed by atoms with van der Waals surface area (Å²) in [6.45, 7) is 2.81. The molecule has 1 fully saturated rings. The Hall–Kier alpha value is -3.95. The Kier molecular flexibility index (Phi) is 6.10. The van der Waals surface area contributed by atoms with Crippen molar-refractivity contribution in [1.29, 1.82) is 0 Å². The van der Waals surface area contributed by atoms with E-state index in [-0.39, 0.29) is 42.3 Å². The summed E-state index contributed by atoms with van der Waals surface area (Å²) in [5.41, 5.74) is 2.54. The number of Topliss-reactive ketones (excluding diaryl/α,β-unsaturated/α-hetero) is 1. The van der Waals surface area contributed by atoms with Crippen molar-refractivity contribution in [2.75, 3.05) is 19.6 Å². The molecule has 9 nitrogen and oxygen atoms in total. The summed E-state index contributed by atoms with van der Waals surface area (Å²) < 4.78 is 15.4. The second-order valence-electron chi connectivity index (χ2n) is 9.08. The molecule has 35 heavy (non-hydrogen) atoms. The molecule has 0 aromatic carbocycles. The molecule has 2 aliphatic heterocycles. The van der Waals surface area contributed by atoms with Crippen molar-refractivity contribution >= 4 is 23.2 Å². The Labute approximate surface area is 201 Å². The molecule has 0 saturated carbocycles. The van der Waals surface area contributed by atoms with E-state index < -0.39 is 0 Å². The van der Waals surface area contributed by atoms with Crippen molar-refractivity contribution < 1.29 is 18.8 Å². The van der Waals surface area contributed by atoms with Gasteiger partial charge in [-0.25, -0.2) is 19.3 Å². The Morgan fingerprint density at radius 3 is 2.91 bits per heavy atom. The third-order valence-corrected chi connectivity index (χ3v) is 6.51. The quantitative estimate of drug-likeness (QED) is 0.525. The number of halogens is 1. The lowest BCUT2D eigenvalue weighted by Gasteiger charge is -2.34. The molecule has 2 aliphatic rings. The fraction of sp³-hybridized carbons (Fsp3) is 0.360. The molecule has 180 valence electrons. The van der Waals surface area contributed by atoms with Gasteiger partial charge in [-0.3, -0.25) is 18.8 Å². The fourth-order valence-electron chi connectivity index (χ4n) is 4.64. The van der Waals surface area contributed by atoms with Crippen molar-refractivity contribution in [3.05, 3.63) is 60.1 Å². The van der Waals surface area contributed by atoms with Crippen LogP contribution in [0.2, 0.25) is 0 Å². The van der Waals surface area contributed by atoms with Crippen LogP contribution in [0.3, 0.4) is 0 Å². The van der Waals surface area contributed by atoms with Gasteiger partial charge in [0.25, 0.3) is 0 Å². The van der Waals surface area contributed by atoms with Gasteiger partial charge in [-0.05, 0) is 50.3 Å². The van der Waals surface area contributed by atoms with E-state index in [0.29, 0.717) is 42.2 Å². The zero-order valence-corrected chi connectivity index (χ0v) is 19.4. The van der Waals surface area contributed by atoms with Gasteiger partial charge in [0.2, 0.25) is 11.8 Å². The minimum absolute atomic E-state index is 0.0569. The van der Waals surface area contributed by atoms with Crippen molar-refractivity contribution in [3.63, 3.8) is 0 Å². The molecule has 5 rings (SSSR count). The topological polar surface area (TPSA) is 101 Å². The van der Waals surface area contributed by atoms with Crippen LogP contribution >= 0.6 is 0 Å². The summed E-state index contributed by atoms with van der Waals surface area (Å²) in [6, 6.07) is 4.81. The van der Waals surface area contributed by atoms with Crippen LogP contribution in [0.15, 0.2) is 48.6 Å². The number of carbonyl (C=O) groups excluding carboxylic acids is 3. The first-order valence-corrected chi connectivity index (χ1v) is 11.6. The number of likely N-dealkylation sites (tertiary alicyclic amines) is 1. The number of nitrogens with zero attached hydrogens (tertiary/aromatic N) is 6. The Balaban J connectivity index is 1.26. The van der Waals surface area contributed by atoms with Crippen molar-refractivity contribution in [3.8, 4) is 11.5 Å². The van der Waals surface area contributed by atoms with Gasteiger partial charge in [0.15, 0.2) is 11.6 Å². The minimum atomic E-state index is -0.372. The van der Waals surface area contributed by atoms with E-state index in [1.807, 2.05) is 6.07 Å². The zero-order valence-electron chi connectivity index (χ0n) is 19.4. The predicted octanol–water partition coefficient (Wildman–Crippen LogP) is 2.42. The number of carbonyl (C=O) groups is 3. The highest BCUT2D eigenvalue weighted by Gasteiger charge is 2.29. The van der Waals surface area contributed by atoms with Crippen molar-refractivity contribution in [2.45, 2.75) is 32.6 Å². The van der Waals surface area contributed by atoms with Crippen LogP contribution in [-0.2, 0) is 20.8 Å². The van der Waals surface area contributed by atoms with Crippen LogP contribution in [0, 0.1) is 11.7 Å². The lowest BCUT2D eigenvalue weighted by atomic mass is 9.93. The molecule has 0 aliphatic carbocycles. The largest absolute Gasteiger partial charge is 0.341 e. The highest BCUT2D eigenvalue weighted by atomic mass is 19.1. The summed E-state index contributed by atoms with van der Waals surface area (Å²) in [5.74, 6) is -0.366. The average Bonchev–Trinajstić information content (AvgIpc) is 3.26. The number of allylic oxidation sites excluding steroid dienone is 1. The maximum absolute atomic E-state index is 13.7. The van der Waals surface area contributed by atoms with Gasteiger partial charge in [-0.2, -0.15) is 0 Å². The number of ketones is 1. The summed E-state index contributed by atoms with van der Waals surface area (Å²) in [5, 5.41) is 0. The number of hydrogen-bond donors (Lipinski definition) is 0. The number of hydrogen-bond acceptors (Lipinski definition) is 6. The average molecular weight is 477 g/mol. The van der Waals surface area contributed by atoms with Gasteiger partial charge in [0, 0.05) is 43.0 Å². The van der Waals surface area contributed by atoms with E-state index >= 15 is 0 Å². The molecule has 1 atom stereocenters. The Morgan fingerprint density at radius 1 is 1.20 bits per heavy atom. The van der Waals surface area contributed by atoms with Gasteiger partial charge in [0.1, 0.15) is 23.7 Å². The molecule has 0 spiro atoms. The van der Waals surface area contributed by atoms with E-state index in [2.05, 4.69) is 15.0 Å².